The van der Waals surface area contributed by atoms with Gasteiger partial charge in [0, 0.05) is 17.9 Å². The molecule has 0 fully saturated rings. The number of rotatable bonds is 0. The molecule has 1 nitrogen and oxygen atoms in total. The average Bonchev–Trinajstić information content (AvgIpc) is 1.87. The molecule has 40 valence electrons. The van der Waals surface area contributed by atoms with Gasteiger partial charge in [-0.1, -0.05) is 0 Å². The summed E-state index contributed by atoms with van der Waals surface area (Å²) in [6.07, 6.45) is 4.39. The first kappa shape index (κ1) is 5.04. The molecule has 1 aliphatic rings. The van der Waals surface area contributed by atoms with Gasteiger partial charge in [-0.25, -0.2) is 0 Å². The average molecular weight is 116 g/mol. The molecule has 7 heavy (non-hydrogen) atoms. The zero-order chi connectivity index (χ0) is 5.28. The Kier molecular flexibility index (Phi) is 1.28. The Hall–Kier alpha value is -0.110. The maximum absolute atomic E-state index is 2.25. The number of hydrogen-bond donors (Lipinski definition) is 0. The van der Waals surface area contributed by atoms with Gasteiger partial charge in [0.15, 0.2) is 5.88 Å². The van der Waals surface area contributed by atoms with Gasteiger partial charge in [0.05, 0.1) is 6.20 Å². The first-order valence-corrected chi connectivity index (χ1v) is 4.15. The van der Waals surface area contributed by atoms with Gasteiger partial charge in [-0.05, 0) is 0 Å². The molecular formula is C5H10NS+. The molecule has 1 aliphatic heterocycles. The van der Waals surface area contributed by atoms with Crippen molar-refractivity contribution < 1.29 is 0 Å². The summed E-state index contributed by atoms with van der Waals surface area (Å²) in [5, 5.41) is 2.25. The molecule has 1 heterocycles. The largest absolute Gasteiger partial charge is 0.335 e. The van der Waals surface area contributed by atoms with Crippen LogP contribution in [-0.4, -0.2) is 24.1 Å². The van der Waals surface area contributed by atoms with Crippen molar-refractivity contribution in [1.29, 1.82) is 0 Å². The van der Waals surface area contributed by atoms with E-state index < -0.39 is 0 Å². The molecule has 2 heteroatoms. The van der Waals surface area contributed by atoms with Crippen LogP contribution in [0.3, 0.4) is 0 Å². The Bertz CT molecular complexity index is 80.1. The minimum atomic E-state index is 0.542. The highest BCUT2D eigenvalue weighted by Gasteiger charge is 2.14. The molecule has 0 saturated carbocycles. The second-order valence-electron chi connectivity index (χ2n) is 1.86. The summed E-state index contributed by atoms with van der Waals surface area (Å²) < 4.78 is 0. The molecule has 0 radical (unpaired) electrons. The normalized spacial score (nSPS) is 29.4. The highest BCUT2D eigenvalue weighted by Crippen LogP contribution is 2.04. The van der Waals surface area contributed by atoms with Gasteiger partial charge in [-0.3, -0.25) is 0 Å². The summed E-state index contributed by atoms with van der Waals surface area (Å²) in [5.41, 5.74) is 0. The molecule has 0 aromatic carbocycles. The Morgan fingerprint density at radius 3 is 2.57 bits per heavy atom. The van der Waals surface area contributed by atoms with E-state index in [1.54, 1.807) is 0 Å². The summed E-state index contributed by atoms with van der Waals surface area (Å²) in [7, 11) is 2.65. The van der Waals surface area contributed by atoms with Crippen LogP contribution < -0.4 is 0 Å². The van der Waals surface area contributed by atoms with Crippen molar-refractivity contribution in [3.8, 4) is 0 Å². The quantitative estimate of drug-likeness (QED) is 0.419. The van der Waals surface area contributed by atoms with Gasteiger partial charge in [0.25, 0.3) is 0 Å². The minimum Gasteiger partial charge on any atom is -0.335 e. The zero-order valence-electron chi connectivity index (χ0n) is 4.72. The molecule has 0 spiro atoms. The van der Waals surface area contributed by atoms with Crippen molar-refractivity contribution in [2.24, 2.45) is 0 Å². The molecular weight excluding hydrogens is 106 g/mol. The topological polar surface area (TPSA) is 3.24 Å². The Morgan fingerprint density at radius 2 is 2.43 bits per heavy atom. The number of nitrogens with zero attached hydrogens (tertiary/aromatic N) is 1. The SMILES string of the molecule is CN1C=C[S+](C)C1. The predicted octanol–water partition coefficient (Wildman–Crippen LogP) is 0.609. The summed E-state index contributed by atoms with van der Waals surface area (Å²) in [4.78, 5) is 2.21. The lowest BCUT2D eigenvalue weighted by molar-refractivity contribution is 0.550. The number of hydrogen-bond acceptors (Lipinski definition) is 1. The lowest BCUT2D eigenvalue weighted by Crippen LogP contribution is -2.11. The van der Waals surface area contributed by atoms with Gasteiger partial charge in [-0.15, -0.1) is 0 Å². The van der Waals surface area contributed by atoms with E-state index in [1.165, 1.54) is 5.88 Å². The molecule has 1 unspecified atom stereocenters. The predicted molar refractivity (Wildman–Crippen MR) is 35.1 cm³/mol. The van der Waals surface area contributed by atoms with E-state index in [9.17, 15) is 0 Å². The molecule has 0 saturated heterocycles. The van der Waals surface area contributed by atoms with Crippen molar-refractivity contribution in [2.45, 2.75) is 0 Å². The van der Waals surface area contributed by atoms with E-state index in [0.717, 1.165) is 0 Å². The van der Waals surface area contributed by atoms with E-state index in [4.69, 9.17) is 0 Å². The minimum absolute atomic E-state index is 0.542. The lowest BCUT2D eigenvalue weighted by Gasteiger charge is -1.99. The highest BCUT2D eigenvalue weighted by molar-refractivity contribution is 7.99. The van der Waals surface area contributed by atoms with E-state index in [1.807, 2.05) is 0 Å². The summed E-state index contributed by atoms with van der Waals surface area (Å²) in [6, 6.07) is 0. The Balaban J connectivity index is 2.42. The molecule has 0 aromatic rings. The molecule has 1 atom stereocenters. The van der Waals surface area contributed by atoms with Crippen LogP contribution in [0.15, 0.2) is 11.6 Å². The molecule has 0 bridgehead atoms. The first-order chi connectivity index (χ1) is 3.29. The smallest absolute Gasteiger partial charge is 0.185 e. The van der Waals surface area contributed by atoms with E-state index >= 15 is 0 Å². The van der Waals surface area contributed by atoms with Crippen molar-refractivity contribution in [3.63, 3.8) is 0 Å². The highest BCUT2D eigenvalue weighted by atomic mass is 32.2. The Morgan fingerprint density at radius 1 is 1.71 bits per heavy atom. The van der Waals surface area contributed by atoms with Crippen LogP contribution in [0, 0.1) is 0 Å². The van der Waals surface area contributed by atoms with E-state index in [-0.39, 0.29) is 0 Å². The van der Waals surface area contributed by atoms with Crippen LogP contribution in [0.1, 0.15) is 0 Å². The third kappa shape index (κ3) is 1.13. The lowest BCUT2D eigenvalue weighted by atomic mass is 10.9. The first-order valence-electron chi connectivity index (χ1n) is 2.29. The van der Waals surface area contributed by atoms with Crippen LogP contribution in [0.2, 0.25) is 0 Å². The van der Waals surface area contributed by atoms with Crippen molar-refractivity contribution in [3.05, 3.63) is 11.6 Å². The second-order valence-corrected chi connectivity index (χ2v) is 3.77. The van der Waals surface area contributed by atoms with Crippen LogP contribution in [0.5, 0.6) is 0 Å². The van der Waals surface area contributed by atoms with E-state index in [0.29, 0.717) is 10.9 Å². The van der Waals surface area contributed by atoms with Gasteiger partial charge in [0.2, 0.25) is 0 Å². The fourth-order valence-electron chi connectivity index (χ4n) is 0.615. The standard InChI is InChI=1S/C5H10NS/c1-6-3-4-7(2)5-6/h3-4H,5H2,1-2H3/q+1. The van der Waals surface area contributed by atoms with Crippen LogP contribution in [0.25, 0.3) is 0 Å². The third-order valence-corrected chi connectivity index (χ3v) is 2.36. The van der Waals surface area contributed by atoms with Crippen molar-refractivity contribution >= 4 is 10.9 Å². The van der Waals surface area contributed by atoms with Crippen LogP contribution in [0.4, 0.5) is 0 Å². The van der Waals surface area contributed by atoms with Crippen molar-refractivity contribution in [2.75, 3.05) is 19.2 Å². The third-order valence-electron chi connectivity index (χ3n) is 0.955. The molecule has 0 aliphatic carbocycles. The van der Waals surface area contributed by atoms with Gasteiger partial charge in [-0.2, -0.15) is 0 Å². The monoisotopic (exact) mass is 116 g/mol. The Labute approximate surface area is 47.4 Å². The fraction of sp³-hybridized carbons (Fsp3) is 0.600. The van der Waals surface area contributed by atoms with Gasteiger partial charge in [0.1, 0.15) is 11.7 Å². The van der Waals surface area contributed by atoms with Crippen LogP contribution >= 0.6 is 0 Å². The van der Waals surface area contributed by atoms with Crippen LogP contribution in [-0.2, 0) is 10.9 Å². The molecule has 0 amide bonds. The van der Waals surface area contributed by atoms with E-state index in [2.05, 4.69) is 29.8 Å². The van der Waals surface area contributed by atoms with Gasteiger partial charge >= 0.3 is 0 Å². The molecule has 1 rings (SSSR count). The maximum Gasteiger partial charge on any atom is 0.185 e. The molecule has 0 aromatic heterocycles. The second kappa shape index (κ2) is 1.78. The molecule has 0 N–H and O–H groups in total. The summed E-state index contributed by atoms with van der Waals surface area (Å²) >= 11 is 0. The zero-order valence-corrected chi connectivity index (χ0v) is 5.53. The summed E-state index contributed by atoms with van der Waals surface area (Å²) in [6.45, 7) is 0. The van der Waals surface area contributed by atoms with Crippen molar-refractivity contribution in [1.82, 2.24) is 4.90 Å². The van der Waals surface area contributed by atoms with Gasteiger partial charge < -0.3 is 4.90 Å². The fourth-order valence-corrected chi connectivity index (χ4v) is 1.85. The summed E-state index contributed by atoms with van der Waals surface area (Å²) in [5.74, 6) is 1.22. The maximum atomic E-state index is 2.25.